The summed E-state index contributed by atoms with van der Waals surface area (Å²) in [7, 11) is 0. The summed E-state index contributed by atoms with van der Waals surface area (Å²) in [6, 6.07) is 204. The first-order valence-electron chi connectivity index (χ1n) is 51.7. The Kier molecular flexibility index (Phi) is 20.0. The molecule has 6 aromatic heterocycles. The average Bonchev–Trinajstić information content (AvgIpc) is 1.48. The van der Waals surface area contributed by atoms with Gasteiger partial charge in [-0.3, -0.25) is 0 Å². The van der Waals surface area contributed by atoms with Gasteiger partial charge in [0.2, 0.25) is 0 Å². The van der Waals surface area contributed by atoms with E-state index in [2.05, 4.69) is 586 Å². The Labute approximate surface area is 864 Å². The summed E-state index contributed by atoms with van der Waals surface area (Å²) >= 11 is 0. The predicted octanol–water partition coefficient (Wildman–Crippen LogP) is 38.9. The quantitative estimate of drug-likeness (QED) is 0.116. The number of hydrogen-bond acceptors (Lipinski definition) is 0. The first-order chi connectivity index (χ1) is 74.4. The van der Waals surface area contributed by atoms with Crippen molar-refractivity contribution < 1.29 is 0 Å². The summed E-state index contributed by atoms with van der Waals surface area (Å²) in [5.74, 6) is 0. The van der Waals surface area contributed by atoms with Crippen molar-refractivity contribution in [2.45, 2.75) is 0 Å². The van der Waals surface area contributed by atoms with E-state index in [9.17, 15) is 0 Å². The van der Waals surface area contributed by atoms with Gasteiger partial charge in [-0.25, -0.2) is 0 Å². The van der Waals surface area contributed by atoms with Gasteiger partial charge in [-0.2, -0.15) is 0 Å². The lowest BCUT2D eigenvalue weighted by Gasteiger charge is -2.14. The van der Waals surface area contributed by atoms with E-state index in [4.69, 9.17) is 0 Å². The minimum absolute atomic E-state index is 1.16. The Morgan fingerprint density at radius 1 is 0.0733 bits per heavy atom. The molecule has 0 fully saturated rings. The van der Waals surface area contributed by atoms with Gasteiger partial charge in [-0.1, -0.05) is 394 Å². The molecule has 0 aliphatic rings. The number of para-hydroxylation sites is 8. The lowest BCUT2D eigenvalue weighted by Crippen LogP contribution is -1.95. The maximum Gasteiger partial charge on any atom is 0.0547 e. The van der Waals surface area contributed by atoms with Crippen molar-refractivity contribution in [3.05, 3.63) is 558 Å². The normalized spacial score (nSPS) is 11.9. The summed E-state index contributed by atoms with van der Waals surface area (Å²) in [4.78, 5) is 0. The Morgan fingerprint density at radius 2 is 0.247 bits per heavy atom. The Morgan fingerprint density at radius 3 is 0.580 bits per heavy atom. The zero-order valence-electron chi connectivity index (χ0n) is 81.8. The van der Waals surface area contributed by atoms with Crippen LogP contribution in [0.2, 0.25) is 0 Å². The summed E-state index contributed by atoms with van der Waals surface area (Å²) in [5, 5.41) is 30.6. The molecule has 0 unspecified atom stereocenters. The molecule has 6 heterocycles. The van der Waals surface area contributed by atoms with Crippen molar-refractivity contribution in [3.63, 3.8) is 0 Å². The molecule has 26 aromatic carbocycles. The van der Waals surface area contributed by atoms with Gasteiger partial charge in [0.1, 0.15) is 0 Å². The second kappa shape index (κ2) is 35.0. The SMILES string of the molecule is c1ccc(-c2ccc(-n3c4ccccc4c4cc(-c5ccc6c(c5)c5ccccc5n6-c5cccc(-c6ccccc6)c5)ccc43)cc2)cc1.c1ccc(-n2c3ccccc3c3ccc(-c4ccc5c(c4)c4ccccc4n5-c4ccc5c6ccccc6c6ccccc6c5c4)cc32)cc1.c1ccc(-n2c3ccccc3c3ccc(-c4ccc5c6ccccc6n(-c6ccc7c8ccccc8c8ccccc8c7c6)c5c4)cc32)cc1. The molecule has 0 aliphatic heterocycles. The fourth-order valence-corrected chi connectivity index (χ4v) is 24.7. The molecular formula is C144H92N6. The van der Waals surface area contributed by atoms with Gasteiger partial charge in [0, 0.05) is 98.8 Å². The average molecular weight is 1910 g/mol. The van der Waals surface area contributed by atoms with Gasteiger partial charge in [-0.15, -0.1) is 0 Å². The van der Waals surface area contributed by atoms with E-state index in [1.165, 1.54) is 274 Å². The maximum absolute atomic E-state index is 2.46. The van der Waals surface area contributed by atoms with Crippen LogP contribution in [-0.2, 0) is 0 Å². The van der Waals surface area contributed by atoms with Crippen LogP contribution in [0.15, 0.2) is 558 Å². The number of benzene rings is 26. The third-order valence-corrected chi connectivity index (χ3v) is 31.5. The monoisotopic (exact) mass is 1900 g/mol. The van der Waals surface area contributed by atoms with E-state index in [0.717, 1.165) is 11.4 Å². The van der Waals surface area contributed by atoms with E-state index in [-0.39, 0.29) is 0 Å². The van der Waals surface area contributed by atoms with E-state index in [1.807, 2.05) is 0 Å². The molecule has 6 nitrogen and oxygen atoms in total. The molecule has 32 rings (SSSR count). The van der Waals surface area contributed by atoms with Crippen molar-refractivity contribution in [3.8, 4) is 89.8 Å². The maximum atomic E-state index is 2.46. The summed E-state index contributed by atoms with van der Waals surface area (Å²) < 4.78 is 14.5. The van der Waals surface area contributed by atoms with Crippen LogP contribution in [0.1, 0.15) is 0 Å². The van der Waals surface area contributed by atoms with Crippen LogP contribution in [0.5, 0.6) is 0 Å². The largest absolute Gasteiger partial charge is 0.309 e. The first-order valence-corrected chi connectivity index (χ1v) is 51.7. The van der Waals surface area contributed by atoms with E-state index in [0.29, 0.717) is 0 Å². The third-order valence-electron chi connectivity index (χ3n) is 31.5. The van der Waals surface area contributed by atoms with Crippen molar-refractivity contribution >= 4 is 195 Å². The summed E-state index contributed by atoms with van der Waals surface area (Å²) in [6.45, 7) is 0. The molecule has 0 radical (unpaired) electrons. The third kappa shape index (κ3) is 13.9. The van der Waals surface area contributed by atoms with E-state index in [1.54, 1.807) is 0 Å². The second-order valence-corrected chi connectivity index (χ2v) is 39.6. The van der Waals surface area contributed by atoms with Crippen LogP contribution < -0.4 is 0 Å². The van der Waals surface area contributed by atoms with Crippen LogP contribution in [0, 0.1) is 0 Å². The van der Waals surface area contributed by atoms with E-state index < -0.39 is 0 Å². The minimum atomic E-state index is 1.16. The first kappa shape index (κ1) is 85.6. The highest BCUT2D eigenvalue weighted by atomic mass is 15.0. The molecule has 6 heteroatoms. The molecule has 0 amide bonds. The Balaban J connectivity index is 0.000000103. The summed E-state index contributed by atoms with van der Waals surface area (Å²) in [5.41, 5.74) is 33.7. The standard InChI is InChI=1S/2C48H30N2.C48H32N2/c1-2-12-33(13-3-1)49-45-20-10-8-18-40(45)42-25-22-32(29-48(42)49)31-23-27-47-44(28-31)41-19-9-11-21-46(41)50(47)34-24-26-39-37-16-5-4-14-35(37)36-15-6-7-17-38(36)43(39)30-34;1-2-12-33(13-3-1)49-45-20-10-8-18-40(45)42-25-22-31(28-47(42)49)32-23-26-43-41-19-9-11-21-46(41)50(48(43)29-32)34-24-27-39-37-16-5-4-14-35(37)36-15-6-7-17-38(36)44(39)30-34;1-3-12-33(13-4-1)35-22-26-39(27-23-35)49-45-20-9-7-18-41(45)43-31-37(24-28-47(43)49)38-25-29-48-44(32-38)42-19-8-10-21-46(42)50(48)40-17-11-16-36(30-40)34-14-5-2-6-15-34/h2*1-30H;1-32H. The minimum Gasteiger partial charge on any atom is -0.309 e. The van der Waals surface area contributed by atoms with Gasteiger partial charge in [0.05, 0.1) is 66.2 Å². The van der Waals surface area contributed by atoms with Crippen LogP contribution in [0.3, 0.4) is 0 Å². The number of hydrogen-bond donors (Lipinski definition) is 0. The van der Waals surface area contributed by atoms with Gasteiger partial charge < -0.3 is 27.4 Å². The zero-order valence-corrected chi connectivity index (χ0v) is 81.8. The fraction of sp³-hybridized carbons (Fsp3) is 0. The van der Waals surface area contributed by atoms with Crippen LogP contribution >= 0.6 is 0 Å². The van der Waals surface area contributed by atoms with Crippen LogP contribution in [-0.4, -0.2) is 27.4 Å². The zero-order chi connectivity index (χ0) is 98.5. The Bertz CT molecular complexity index is 11000. The van der Waals surface area contributed by atoms with Crippen molar-refractivity contribution in [2.75, 3.05) is 0 Å². The second-order valence-electron chi connectivity index (χ2n) is 39.6. The van der Waals surface area contributed by atoms with E-state index >= 15 is 0 Å². The van der Waals surface area contributed by atoms with Gasteiger partial charge >= 0.3 is 0 Å². The van der Waals surface area contributed by atoms with Crippen molar-refractivity contribution in [1.82, 2.24) is 27.4 Å². The molecule has 0 saturated carbocycles. The molecule has 0 saturated heterocycles. The highest BCUT2D eigenvalue weighted by Gasteiger charge is 2.25. The Hall–Kier alpha value is -19.9. The highest BCUT2D eigenvalue weighted by molar-refractivity contribution is 6.28. The van der Waals surface area contributed by atoms with Gasteiger partial charge in [0.15, 0.2) is 0 Å². The number of aromatic nitrogens is 6. The highest BCUT2D eigenvalue weighted by Crippen LogP contribution is 2.48. The van der Waals surface area contributed by atoms with Crippen LogP contribution in [0.4, 0.5) is 0 Å². The van der Waals surface area contributed by atoms with Gasteiger partial charge in [0.25, 0.3) is 0 Å². The fourth-order valence-electron chi connectivity index (χ4n) is 24.7. The topological polar surface area (TPSA) is 29.6 Å². The van der Waals surface area contributed by atoms with Crippen molar-refractivity contribution in [2.24, 2.45) is 0 Å². The lowest BCUT2D eigenvalue weighted by atomic mass is 9.94. The molecule has 150 heavy (non-hydrogen) atoms. The smallest absolute Gasteiger partial charge is 0.0547 e. The summed E-state index contributed by atoms with van der Waals surface area (Å²) in [6.07, 6.45) is 0. The molecule has 698 valence electrons. The molecule has 32 aromatic rings. The molecule has 0 aliphatic carbocycles. The predicted molar refractivity (Wildman–Crippen MR) is 638 cm³/mol. The number of rotatable bonds is 11. The lowest BCUT2D eigenvalue weighted by molar-refractivity contribution is 1.18. The molecule has 0 bridgehead atoms. The molecular weight excluding hydrogens is 1810 g/mol. The molecule has 0 spiro atoms. The van der Waals surface area contributed by atoms with Crippen molar-refractivity contribution in [1.29, 1.82) is 0 Å². The molecule has 0 N–H and O–H groups in total. The number of fused-ring (bicyclic) bond motifs is 30. The van der Waals surface area contributed by atoms with Gasteiger partial charge in [-0.05, 0) is 284 Å². The number of nitrogens with zero attached hydrogens (tertiary/aromatic N) is 6. The van der Waals surface area contributed by atoms with Crippen LogP contribution in [0.25, 0.3) is 285 Å². The molecule has 0 atom stereocenters.